The van der Waals surface area contributed by atoms with Gasteiger partial charge >= 0.3 is 0 Å². The molecule has 2 aliphatic rings. The maximum Gasteiger partial charge on any atom is 0.226 e. The third-order valence-corrected chi connectivity index (χ3v) is 5.70. The Bertz CT molecular complexity index is 718. The van der Waals surface area contributed by atoms with Gasteiger partial charge in [0.25, 0.3) is 0 Å². The third-order valence-electron chi connectivity index (χ3n) is 5.70. The minimum atomic E-state index is -0.274. The summed E-state index contributed by atoms with van der Waals surface area (Å²) in [6, 6.07) is 9.84. The first kappa shape index (κ1) is 20.4. The van der Waals surface area contributed by atoms with Gasteiger partial charge in [0.15, 0.2) is 0 Å². The van der Waals surface area contributed by atoms with Crippen LogP contribution in [0, 0.1) is 5.92 Å². The number of carbonyl (C=O) groups excluding carboxylic acids is 3. The number of hydrogen-bond donors (Lipinski definition) is 1. The van der Waals surface area contributed by atoms with Crippen molar-refractivity contribution in [1.29, 1.82) is 0 Å². The number of benzene rings is 1. The first-order valence-corrected chi connectivity index (χ1v) is 10.2. The number of piperidine rings is 1. The number of nitrogens with one attached hydrogen (secondary N) is 1. The van der Waals surface area contributed by atoms with Gasteiger partial charge in [0.1, 0.15) is 0 Å². The van der Waals surface area contributed by atoms with Crippen LogP contribution < -0.4 is 5.32 Å². The second-order valence-corrected chi connectivity index (χ2v) is 8.90. The van der Waals surface area contributed by atoms with E-state index in [1.54, 1.807) is 4.90 Å². The Morgan fingerprint density at radius 1 is 1.11 bits per heavy atom. The van der Waals surface area contributed by atoms with Gasteiger partial charge in [-0.15, -0.1) is 0 Å². The quantitative estimate of drug-likeness (QED) is 0.862. The molecule has 0 bridgehead atoms. The zero-order valence-corrected chi connectivity index (χ0v) is 17.1. The lowest BCUT2D eigenvalue weighted by molar-refractivity contribution is -0.133. The molecule has 1 N–H and O–H groups in total. The zero-order valence-electron chi connectivity index (χ0n) is 17.1. The molecule has 1 aromatic carbocycles. The lowest BCUT2D eigenvalue weighted by Gasteiger charge is -2.33. The highest BCUT2D eigenvalue weighted by Crippen LogP contribution is 2.26. The summed E-state index contributed by atoms with van der Waals surface area (Å²) in [6.45, 7) is 7.79. The Morgan fingerprint density at radius 3 is 2.32 bits per heavy atom. The van der Waals surface area contributed by atoms with Crippen LogP contribution in [-0.2, 0) is 20.8 Å². The Hall–Kier alpha value is -2.37. The Kier molecular flexibility index (Phi) is 6.06. The molecule has 1 aromatic rings. The molecule has 3 rings (SSSR count). The topological polar surface area (TPSA) is 69.7 Å². The fraction of sp³-hybridized carbons (Fsp3) is 0.591. The molecular weight excluding hydrogens is 354 g/mol. The van der Waals surface area contributed by atoms with Gasteiger partial charge < -0.3 is 15.1 Å². The van der Waals surface area contributed by atoms with Crippen LogP contribution in [0.15, 0.2) is 30.3 Å². The highest BCUT2D eigenvalue weighted by Gasteiger charge is 2.40. The van der Waals surface area contributed by atoms with Gasteiger partial charge in [0, 0.05) is 37.6 Å². The van der Waals surface area contributed by atoms with Crippen LogP contribution >= 0.6 is 0 Å². The molecule has 6 heteroatoms. The maximum absolute atomic E-state index is 12.6. The summed E-state index contributed by atoms with van der Waals surface area (Å²) < 4.78 is 0. The molecular formula is C22H31N3O3. The van der Waals surface area contributed by atoms with Gasteiger partial charge in [-0.3, -0.25) is 14.4 Å². The van der Waals surface area contributed by atoms with Crippen LogP contribution in [0.4, 0.5) is 0 Å². The van der Waals surface area contributed by atoms with Gasteiger partial charge in [0.2, 0.25) is 17.7 Å². The Balaban J connectivity index is 1.45. The van der Waals surface area contributed by atoms with Crippen molar-refractivity contribution in [2.24, 2.45) is 5.92 Å². The van der Waals surface area contributed by atoms with E-state index in [9.17, 15) is 14.4 Å². The van der Waals surface area contributed by atoms with E-state index in [0.29, 0.717) is 26.1 Å². The van der Waals surface area contributed by atoms with E-state index in [1.165, 1.54) is 0 Å². The average Bonchev–Trinajstić information content (AvgIpc) is 3.05. The molecule has 0 radical (unpaired) electrons. The smallest absolute Gasteiger partial charge is 0.226 e. The van der Waals surface area contributed by atoms with Gasteiger partial charge in [0.05, 0.1) is 12.3 Å². The molecule has 6 nitrogen and oxygen atoms in total. The van der Waals surface area contributed by atoms with Crippen molar-refractivity contribution in [3.8, 4) is 0 Å². The molecule has 0 saturated carbocycles. The second-order valence-electron chi connectivity index (χ2n) is 8.90. The average molecular weight is 386 g/mol. The second kappa shape index (κ2) is 8.33. The van der Waals surface area contributed by atoms with E-state index in [0.717, 1.165) is 18.4 Å². The predicted octanol–water partition coefficient (Wildman–Crippen LogP) is 1.98. The van der Waals surface area contributed by atoms with E-state index >= 15 is 0 Å². The lowest BCUT2D eigenvalue weighted by Crippen LogP contribution is -2.48. The van der Waals surface area contributed by atoms with Crippen LogP contribution in [0.2, 0.25) is 0 Å². The summed E-state index contributed by atoms with van der Waals surface area (Å²) in [7, 11) is 0. The van der Waals surface area contributed by atoms with Crippen molar-refractivity contribution < 1.29 is 14.4 Å². The minimum Gasteiger partial charge on any atom is -0.353 e. The van der Waals surface area contributed by atoms with Crippen molar-refractivity contribution in [2.45, 2.75) is 58.0 Å². The Labute approximate surface area is 167 Å². The number of nitrogens with zero attached hydrogens (tertiary/aromatic N) is 2. The van der Waals surface area contributed by atoms with E-state index in [4.69, 9.17) is 0 Å². The normalized spacial score (nSPS) is 21.1. The maximum atomic E-state index is 12.6. The van der Waals surface area contributed by atoms with Crippen LogP contribution in [0.1, 0.15) is 45.6 Å². The number of carbonyl (C=O) groups is 3. The molecule has 2 saturated heterocycles. The first-order valence-electron chi connectivity index (χ1n) is 10.2. The first-order chi connectivity index (χ1) is 13.2. The Morgan fingerprint density at radius 2 is 1.75 bits per heavy atom. The van der Waals surface area contributed by atoms with Crippen LogP contribution in [-0.4, -0.2) is 58.7 Å². The van der Waals surface area contributed by atoms with Crippen molar-refractivity contribution in [2.75, 3.05) is 19.6 Å². The van der Waals surface area contributed by atoms with Crippen LogP contribution in [0.5, 0.6) is 0 Å². The van der Waals surface area contributed by atoms with E-state index in [2.05, 4.69) is 5.32 Å². The summed E-state index contributed by atoms with van der Waals surface area (Å²) in [5, 5.41) is 3.11. The van der Waals surface area contributed by atoms with Crippen molar-refractivity contribution in [1.82, 2.24) is 15.1 Å². The van der Waals surface area contributed by atoms with Crippen molar-refractivity contribution in [3.05, 3.63) is 35.9 Å². The molecule has 1 unspecified atom stereocenters. The molecule has 0 spiro atoms. The molecule has 2 fully saturated rings. The van der Waals surface area contributed by atoms with Crippen LogP contribution in [0.3, 0.4) is 0 Å². The zero-order chi connectivity index (χ0) is 20.3. The fourth-order valence-electron chi connectivity index (χ4n) is 4.01. The van der Waals surface area contributed by atoms with Crippen molar-refractivity contribution in [3.63, 3.8) is 0 Å². The SMILES string of the molecule is CC(C)(C)N1CC(C(=O)NC2CCN(C(=O)Cc3ccccc3)CC2)CC1=O. The van der Waals surface area contributed by atoms with E-state index < -0.39 is 0 Å². The van der Waals surface area contributed by atoms with E-state index in [-0.39, 0.29) is 41.6 Å². The number of likely N-dealkylation sites (tertiary alicyclic amines) is 2. The molecule has 2 heterocycles. The lowest BCUT2D eigenvalue weighted by atomic mass is 10.0. The molecule has 28 heavy (non-hydrogen) atoms. The predicted molar refractivity (Wildman–Crippen MR) is 107 cm³/mol. The third kappa shape index (κ3) is 4.91. The fourth-order valence-corrected chi connectivity index (χ4v) is 4.01. The number of rotatable bonds is 4. The highest BCUT2D eigenvalue weighted by atomic mass is 16.2. The molecule has 3 amide bonds. The molecule has 152 valence electrons. The summed E-state index contributed by atoms with van der Waals surface area (Å²) in [5.74, 6) is -0.120. The molecule has 0 aromatic heterocycles. The summed E-state index contributed by atoms with van der Waals surface area (Å²) >= 11 is 0. The largest absolute Gasteiger partial charge is 0.353 e. The summed E-state index contributed by atoms with van der Waals surface area (Å²) in [5.41, 5.74) is 0.772. The monoisotopic (exact) mass is 385 g/mol. The highest BCUT2D eigenvalue weighted by molar-refractivity contribution is 5.89. The minimum absolute atomic E-state index is 0.0332. The van der Waals surface area contributed by atoms with Gasteiger partial charge in [-0.05, 0) is 39.2 Å². The number of hydrogen-bond acceptors (Lipinski definition) is 3. The summed E-state index contributed by atoms with van der Waals surface area (Å²) in [4.78, 5) is 41.0. The molecule has 2 aliphatic heterocycles. The van der Waals surface area contributed by atoms with Crippen LogP contribution in [0.25, 0.3) is 0 Å². The van der Waals surface area contributed by atoms with Crippen molar-refractivity contribution >= 4 is 17.7 Å². The van der Waals surface area contributed by atoms with E-state index in [1.807, 2.05) is 56.0 Å². The summed E-state index contributed by atoms with van der Waals surface area (Å²) in [6.07, 6.45) is 2.23. The van der Waals surface area contributed by atoms with Gasteiger partial charge in [-0.2, -0.15) is 0 Å². The molecule has 1 atom stereocenters. The van der Waals surface area contributed by atoms with Gasteiger partial charge in [-0.25, -0.2) is 0 Å². The molecule has 0 aliphatic carbocycles. The standard InChI is InChI=1S/C22H31N3O3/c1-22(2,3)25-15-17(14-20(25)27)21(28)23-18-9-11-24(12-10-18)19(26)13-16-7-5-4-6-8-16/h4-8,17-18H,9-15H2,1-3H3,(H,23,28). The van der Waals surface area contributed by atoms with Gasteiger partial charge in [-0.1, -0.05) is 30.3 Å². The number of amides is 3.